The van der Waals surface area contributed by atoms with Gasteiger partial charge in [0.25, 0.3) is 0 Å². The first-order valence-electron chi connectivity index (χ1n) is 4.77. The van der Waals surface area contributed by atoms with E-state index in [1.54, 1.807) is 26.0 Å². The average Bonchev–Trinajstić information content (AvgIpc) is 2.21. The molecule has 0 saturated carbocycles. The first kappa shape index (κ1) is 13.6. The maximum Gasteiger partial charge on any atom is 0.241 e. The molecular formula is C10H14BrNO3S. The molecule has 1 aromatic rings. The van der Waals surface area contributed by atoms with Gasteiger partial charge in [-0.2, -0.15) is 0 Å². The fraction of sp³-hybridized carbons (Fsp3) is 0.400. The van der Waals surface area contributed by atoms with Crippen molar-refractivity contribution < 1.29 is 13.5 Å². The van der Waals surface area contributed by atoms with Crippen LogP contribution in [0.4, 0.5) is 0 Å². The summed E-state index contributed by atoms with van der Waals surface area (Å²) in [5, 5.41) is 8.83. The van der Waals surface area contributed by atoms with Crippen molar-refractivity contribution in [3.05, 3.63) is 28.2 Å². The number of nitrogens with one attached hydrogen (secondary N) is 1. The normalized spacial score (nSPS) is 13.8. The SMILES string of the molecule is Cc1c(Br)cccc1S(=O)(=O)NC(C)CO. The number of aliphatic hydroxyl groups is 1. The number of benzene rings is 1. The highest BCUT2D eigenvalue weighted by Gasteiger charge is 2.19. The third-order valence-corrected chi connectivity index (χ3v) is 4.73. The molecule has 0 aromatic heterocycles. The Morgan fingerprint density at radius 1 is 1.50 bits per heavy atom. The first-order chi connectivity index (χ1) is 7.38. The highest BCUT2D eigenvalue weighted by Crippen LogP contribution is 2.23. The average molecular weight is 308 g/mol. The second-order valence-corrected chi connectivity index (χ2v) is 6.10. The molecule has 0 aliphatic heterocycles. The van der Waals surface area contributed by atoms with Gasteiger partial charge in [-0.1, -0.05) is 22.0 Å². The minimum absolute atomic E-state index is 0.224. The molecule has 16 heavy (non-hydrogen) atoms. The van der Waals surface area contributed by atoms with E-state index in [-0.39, 0.29) is 11.5 Å². The van der Waals surface area contributed by atoms with Gasteiger partial charge >= 0.3 is 0 Å². The minimum Gasteiger partial charge on any atom is -0.395 e. The van der Waals surface area contributed by atoms with Crippen molar-refractivity contribution in [1.82, 2.24) is 4.72 Å². The molecule has 4 nitrogen and oxygen atoms in total. The summed E-state index contributed by atoms with van der Waals surface area (Å²) in [5.74, 6) is 0. The molecular weight excluding hydrogens is 294 g/mol. The van der Waals surface area contributed by atoms with Crippen LogP contribution in [0, 0.1) is 6.92 Å². The molecule has 0 radical (unpaired) electrons. The van der Waals surface area contributed by atoms with Gasteiger partial charge in [-0.3, -0.25) is 0 Å². The van der Waals surface area contributed by atoms with Gasteiger partial charge in [-0.05, 0) is 31.5 Å². The number of halogens is 1. The third kappa shape index (κ3) is 3.04. The lowest BCUT2D eigenvalue weighted by Crippen LogP contribution is -2.35. The zero-order valence-electron chi connectivity index (χ0n) is 9.07. The molecule has 1 rings (SSSR count). The molecule has 0 saturated heterocycles. The van der Waals surface area contributed by atoms with Crippen molar-refractivity contribution in [2.24, 2.45) is 0 Å². The van der Waals surface area contributed by atoms with E-state index in [4.69, 9.17) is 5.11 Å². The topological polar surface area (TPSA) is 66.4 Å². The monoisotopic (exact) mass is 307 g/mol. The van der Waals surface area contributed by atoms with Gasteiger partial charge < -0.3 is 5.11 Å². The van der Waals surface area contributed by atoms with Crippen LogP contribution in [0.15, 0.2) is 27.6 Å². The van der Waals surface area contributed by atoms with Crippen LogP contribution in [0.1, 0.15) is 12.5 Å². The molecule has 0 amide bonds. The molecule has 0 spiro atoms. The molecule has 0 fully saturated rings. The lowest BCUT2D eigenvalue weighted by atomic mass is 10.2. The van der Waals surface area contributed by atoms with Crippen LogP contribution in [0.3, 0.4) is 0 Å². The number of sulfonamides is 1. The fourth-order valence-corrected chi connectivity index (χ4v) is 3.24. The van der Waals surface area contributed by atoms with Crippen molar-refractivity contribution >= 4 is 26.0 Å². The molecule has 1 unspecified atom stereocenters. The molecule has 1 atom stereocenters. The summed E-state index contributed by atoms with van der Waals surface area (Å²) in [6, 6.07) is 4.48. The van der Waals surface area contributed by atoms with Crippen LogP contribution in [-0.4, -0.2) is 26.2 Å². The number of hydrogen-bond acceptors (Lipinski definition) is 3. The number of rotatable bonds is 4. The van der Waals surface area contributed by atoms with E-state index < -0.39 is 16.1 Å². The second-order valence-electron chi connectivity index (χ2n) is 3.57. The van der Waals surface area contributed by atoms with Crippen LogP contribution in [0.5, 0.6) is 0 Å². The van der Waals surface area contributed by atoms with Gasteiger partial charge in [-0.15, -0.1) is 0 Å². The van der Waals surface area contributed by atoms with Gasteiger partial charge in [0.2, 0.25) is 10.0 Å². The lowest BCUT2D eigenvalue weighted by Gasteiger charge is -2.13. The van der Waals surface area contributed by atoms with Gasteiger partial charge in [0.1, 0.15) is 0 Å². The Kier molecular flexibility index (Phi) is 4.49. The van der Waals surface area contributed by atoms with Crippen molar-refractivity contribution in [2.75, 3.05) is 6.61 Å². The van der Waals surface area contributed by atoms with E-state index in [0.29, 0.717) is 5.56 Å². The molecule has 6 heteroatoms. The summed E-state index contributed by atoms with van der Waals surface area (Å²) in [6.45, 7) is 3.10. The highest BCUT2D eigenvalue weighted by molar-refractivity contribution is 9.10. The Labute approximate surface area is 104 Å². The first-order valence-corrected chi connectivity index (χ1v) is 7.04. The standard InChI is InChI=1S/C10H14BrNO3S/c1-7(6-13)12-16(14,15)10-5-3-4-9(11)8(10)2/h3-5,7,12-13H,6H2,1-2H3. The van der Waals surface area contributed by atoms with Crippen LogP contribution >= 0.6 is 15.9 Å². The van der Waals surface area contributed by atoms with E-state index in [1.165, 1.54) is 6.07 Å². The van der Waals surface area contributed by atoms with Gasteiger partial charge in [0, 0.05) is 10.5 Å². The molecule has 1 aromatic carbocycles. The van der Waals surface area contributed by atoms with E-state index in [2.05, 4.69) is 20.7 Å². The number of aliphatic hydroxyl groups excluding tert-OH is 1. The van der Waals surface area contributed by atoms with Crippen molar-refractivity contribution in [3.63, 3.8) is 0 Å². The summed E-state index contributed by atoms with van der Waals surface area (Å²) in [6.07, 6.45) is 0. The minimum atomic E-state index is -3.56. The van der Waals surface area contributed by atoms with Gasteiger partial charge in [0.05, 0.1) is 11.5 Å². The molecule has 90 valence electrons. The predicted octanol–water partition coefficient (Wildman–Crippen LogP) is 1.42. The summed E-state index contributed by atoms with van der Waals surface area (Å²) in [5.41, 5.74) is 0.653. The summed E-state index contributed by atoms with van der Waals surface area (Å²) < 4.78 is 27.0. The third-order valence-electron chi connectivity index (χ3n) is 2.14. The Hall–Kier alpha value is -0.430. The largest absolute Gasteiger partial charge is 0.395 e. The Bertz CT molecular complexity index is 473. The van der Waals surface area contributed by atoms with Gasteiger partial charge in [0.15, 0.2) is 0 Å². The Morgan fingerprint density at radius 2 is 2.12 bits per heavy atom. The summed E-state index contributed by atoms with van der Waals surface area (Å²) in [7, 11) is -3.56. The molecule has 0 bridgehead atoms. The fourth-order valence-electron chi connectivity index (χ4n) is 1.24. The van der Waals surface area contributed by atoms with E-state index >= 15 is 0 Å². The maximum absolute atomic E-state index is 11.9. The highest BCUT2D eigenvalue weighted by atomic mass is 79.9. The molecule has 0 heterocycles. The lowest BCUT2D eigenvalue weighted by molar-refractivity contribution is 0.265. The molecule has 2 N–H and O–H groups in total. The molecule has 0 aliphatic carbocycles. The Morgan fingerprint density at radius 3 is 2.69 bits per heavy atom. The van der Waals surface area contributed by atoms with E-state index in [9.17, 15) is 8.42 Å². The molecule has 0 aliphatic rings. The zero-order valence-corrected chi connectivity index (χ0v) is 11.5. The van der Waals surface area contributed by atoms with Crippen molar-refractivity contribution in [1.29, 1.82) is 0 Å². The Balaban J connectivity index is 3.13. The maximum atomic E-state index is 11.9. The van der Waals surface area contributed by atoms with Crippen molar-refractivity contribution in [2.45, 2.75) is 24.8 Å². The predicted molar refractivity (Wildman–Crippen MR) is 65.7 cm³/mol. The smallest absolute Gasteiger partial charge is 0.241 e. The van der Waals surface area contributed by atoms with Gasteiger partial charge in [-0.25, -0.2) is 13.1 Å². The van der Waals surface area contributed by atoms with Crippen LogP contribution < -0.4 is 4.72 Å². The summed E-state index contributed by atoms with van der Waals surface area (Å²) in [4.78, 5) is 0.224. The van der Waals surface area contributed by atoms with Crippen LogP contribution in [-0.2, 0) is 10.0 Å². The van der Waals surface area contributed by atoms with Crippen molar-refractivity contribution in [3.8, 4) is 0 Å². The van der Waals surface area contributed by atoms with E-state index in [0.717, 1.165) is 4.47 Å². The van der Waals surface area contributed by atoms with E-state index in [1.807, 2.05) is 0 Å². The zero-order chi connectivity index (χ0) is 12.3. The quantitative estimate of drug-likeness (QED) is 0.884. The number of hydrogen-bond donors (Lipinski definition) is 2. The van der Waals surface area contributed by atoms with Crippen LogP contribution in [0.2, 0.25) is 0 Å². The summed E-state index contributed by atoms with van der Waals surface area (Å²) >= 11 is 3.28. The van der Waals surface area contributed by atoms with Crippen LogP contribution in [0.25, 0.3) is 0 Å². The second kappa shape index (κ2) is 5.27.